The third-order valence-corrected chi connectivity index (χ3v) is 5.10. The molecule has 1 amide bonds. The average molecular weight is 424 g/mol. The highest BCUT2D eigenvalue weighted by Crippen LogP contribution is 2.23. The zero-order chi connectivity index (χ0) is 21.1. The van der Waals surface area contributed by atoms with Crippen molar-refractivity contribution in [3.8, 4) is 5.75 Å². The van der Waals surface area contributed by atoms with Crippen LogP contribution in [0.15, 0.2) is 66.7 Å². The predicted octanol–water partition coefficient (Wildman–Crippen LogP) is 5.35. The van der Waals surface area contributed by atoms with Crippen molar-refractivity contribution < 1.29 is 13.9 Å². The Balaban J connectivity index is 1.57. The maximum Gasteiger partial charge on any atom is 0.244 e. The van der Waals surface area contributed by atoms with Crippen molar-refractivity contribution in [3.63, 3.8) is 0 Å². The summed E-state index contributed by atoms with van der Waals surface area (Å²) < 4.78 is 21.5. The van der Waals surface area contributed by atoms with Gasteiger partial charge in [0.05, 0.1) is 16.7 Å². The molecule has 1 aromatic heterocycles. The first kappa shape index (κ1) is 19.9. The van der Waals surface area contributed by atoms with Crippen LogP contribution in [0.2, 0.25) is 5.02 Å². The molecule has 0 fully saturated rings. The fourth-order valence-electron chi connectivity index (χ4n) is 3.16. The van der Waals surface area contributed by atoms with E-state index in [0.717, 1.165) is 16.6 Å². The lowest BCUT2D eigenvalue weighted by Crippen LogP contribution is -2.21. The number of ether oxygens (including phenoxy) is 1. The van der Waals surface area contributed by atoms with Crippen LogP contribution in [0.3, 0.4) is 0 Å². The molecule has 3 aromatic carbocycles. The van der Waals surface area contributed by atoms with Gasteiger partial charge in [-0.2, -0.15) is 0 Å². The number of aromatic nitrogens is 2. The molecule has 30 heavy (non-hydrogen) atoms. The number of carbonyl (C=O) groups excluding carboxylic acids is 1. The summed E-state index contributed by atoms with van der Waals surface area (Å²) in [6, 6.07) is 19.0. The van der Waals surface area contributed by atoms with Crippen molar-refractivity contribution in [3.05, 3.63) is 89.0 Å². The van der Waals surface area contributed by atoms with E-state index in [1.54, 1.807) is 28.8 Å². The van der Waals surface area contributed by atoms with Gasteiger partial charge in [-0.05, 0) is 55.0 Å². The lowest BCUT2D eigenvalue weighted by atomic mass is 10.2. The van der Waals surface area contributed by atoms with E-state index in [9.17, 15) is 9.18 Å². The summed E-state index contributed by atoms with van der Waals surface area (Å²) in [5.41, 5.74) is 2.60. The Hall–Kier alpha value is -3.38. The minimum atomic E-state index is -0.483. The second-order valence-corrected chi connectivity index (χ2v) is 7.24. The lowest BCUT2D eigenvalue weighted by Gasteiger charge is -2.12. The first-order valence-electron chi connectivity index (χ1n) is 9.39. The number of amides is 1. The van der Waals surface area contributed by atoms with Gasteiger partial charge in [0, 0.05) is 5.02 Å². The Kier molecular flexibility index (Phi) is 5.68. The molecule has 5 nitrogen and oxygen atoms in total. The van der Waals surface area contributed by atoms with Crippen LogP contribution in [0.1, 0.15) is 11.4 Å². The van der Waals surface area contributed by atoms with E-state index in [1.807, 2.05) is 37.3 Å². The molecule has 0 saturated heterocycles. The first-order chi connectivity index (χ1) is 14.5. The molecule has 152 valence electrons. The molecule has 0 radical (unpaired) electrons. The molecular formula is C23H19ClFN3O2. The summed E-state index contributed by atoms with van der Waals surface area (Å²) in [7, 11) is 0. The third-order valence-electron chi connectivity index (χ3n) is 4.68. The molecule has 4 rings (SSSR count). The maximum atomic E-state index is 13.9. The normalized spacial score (nSPS) is 10.9. The molecule has 0 bridgehead atoms. The Labute approximate surface area is 178 Å². The number of hydrogen-bond donors (Lipinski definition) is 1. The molecule has 1 N–H and O–H groups in total. The molecule has 4 aromatic rings. The van der Waals surface area contributed by atoms with Gasteiger partial charge in [-0.1, -0.05) is 35.9 Å². The van der Waals surface area contributed by atoms with Gasteiger partial charge in [0.15, 0.2) is 0 Å². The number of nitrogens with zero attached hydrogens (tertiary/aromatic N) is 2. The standard InChI is InChI=1S/C23H19ClFN3O2/c1-15-12-16(10-11-17(15)24)30-14-22-26-20-8-4-5-9-21(20)28(22)13-23(29)27-19-7-3-2-6-18(19)25/h2-12H,13-14H2,1H3,(H,27,29). The van der Waals surface area contributed by atoms with Gasteiger partial charge < -0.3 is 14.6 Å². The number of rotatable bonds is 6. The Bertz CT molecular complexity index is 1220. The minimum Gasteiger partial charge on any atom is -0.486 e. The van der Waals surface area contributed by atoms with Crippen LogP contribution in [0, 0.1) is 12.7 Å². The number of carbonyl (C=O) groups is 1. The van der Waals surface area contributed by atoms with Gasteiger partial charge in [-0.3, -0.25) is 4.79 Å². The molecule has 0 spiro atoms. The molecule has 0 atom stereocenters. The van der Waals surface area contributed by atoms with Crippen molar-refractivity contribution in [2.75, 3.05) is 5.32 Å². The van der Waals surface area contributed by atoms with E-state index in [4.69, 9.17) is 16.3 Å². The molecule has 7 heteroatoms. The number of hydrogen-bond acceptors (Lipinski definition) is 3. The van der Waals surface area contributed by atoms with Crippen LogP contribution in [-0.4, -0.2) is 15.5 Å². The van der Waals surface area contributed by atoms with E-state index in [-0.39, 0.29) is 24.7 Å². The average Bonchev–Trinajstić information content (AvgIpc) is 3.08. The van der Waals surface area contributed by atoms with Crippen molar-refractivity contribution in [1.29, 1.82) is 0 Å². The van der Waals surface area contributed by atoms with E-state index >= 15 is 0 Å². The fraction of sp³-hybridized carbons (Fsp3) is 0.130. The number of para-hydroxylation sites is 3. The smallest absolute Gasteiger partial charge is 0.244 e. The molecule has 0 aliphatic rings. The highest BCUT2D eigenvalue weighted by atomic mass is 35.5. The zero-order valence-electron chi connectivity index (χ0n) is 16.2. The van der Waals surface area contributed by atoms with Gasteiger partial charge in [-0.25, -0.2) is 9.37 Å². The molecule has 0 saturated carbocycles. The Morgan fingerprint density at radius 2 is 1.90 bits per heavy atom. The maximum absolute atomic E-state index is 13.9. The van der Waals surface area contributed by atoms with Gasteiger partial charge >= 0.3 is 0 Å². The third kappa shape index (κ3) is 4.28. The van der Waals surface area contributed by atoms with Gasteiger partial charge in [0.2, 0.25) is 5.91 Å². The van der Waals surface area contributed by atoms with Crippen molar-refractivity contribution >= 4 is 34.2 Å². The largest absolute Gasteiger partial charge is 0.486 e. The second kappa shape index (κ2) is 8.55. The number of benzene rings is 3. The van der Waals surface area contributed by atoms with Crippen molar-refractivity contribution in [2.24, 2.45) is 0 Å². The van der Waals surface area contributed by atoms with Crippen LogP contribution in [0.5, 0.6) is 5.75 Å². The van der Waals surface area contributed by atoms with Crippen molar-refractivity contribution in [2.45, 2.75) is 20.1 Å². The summed E-state index contributed by atoms with van der Waals surface area (Å²) in [5.74, 6) is 0.411. The summed E-state index contributed by atoms with van der Waals surface area (Å²) in [6.45, 7) is 2.05. The number of anilines is 1. The van der Waals surface area contributed by atoms with Crippen LogP contribution >= 0.6 is 11.6 Å². The van der Waals surface area contributed by atoms with E-state index in [1.165, 1.54) is 12.1 Å². The Morgan fingerprint density at radius 3 is 2.70 bits per heavy atom. The molecular weight excluding hydrogens is 405 g/mol. The van der Waals surface area contributed by atoms with Crippen molar-refractivity contribution in [1.82, 2.24) is 9.55 Å². The van der Waals surface area contributed by atoms with Crippen LogP contribution in [-0.2, 0) is 17.9 Å². The Morgan fingerprint density at radius 1 is 1.13 bits per heavy atom. The fourth-order valence-corrected chi connectivity index (χ4v) is 3.28. The first-order valence-corrected chi connectivity index (χ1v) is 9.76. The van der Waals surface area contributed by atoms with E-state index < -0.39 is 5.82 Å². The van der Waals surface area contributed by atoms with E-state index in [0.29, 0.717) is 16.6 Å². The number of nitrogens with one attached hydrogen (secondary N) is 1. The highest BCUT2D eigenvalue weighted by Gasteiger charge is 2.15. The van der Waals surface area contributed by atoms with E-state index in [2.05, 4.69) is 10.3 Å². The SMILES string of the molecule is Cc1cc(OCc2nc3ccccc3n2CC(=O)Nc2ccccc2F)ccc1Cl. The minimum absolute atomic E-state index is 0.0206. The lowest BCUT2D eigenvalue weighted by molar-refractivity contribution is -0.116. The quantitative estimate of drug-likeness (QED) is 0.454. The number of imidazole rings is 1. The molecule has 0 unspecified atom stereocenters. The molecule has 0 aliphatic carbocycles. The zero-order valence-corrected chi connectivity index (χ0v) is 17.0. The number of fused-ring (bicyclic) bond motifs is 1. The van der Waals surface area contributed by atoms with Crippen LogP contribution < -0.4 is 10.1 Å². The monoisotopic (exact) mass is 423 g/mol. The van der Waals surface area contributed by atoms with Gasteiger partial charge in [-0.15, -0.1) is 0 Å². The van der Waals surface area contributed by atoms with Gasteiger partial charge in [0.1, 0.15) is 30.5 Å². The molecule has 0 aliphatic heterocycles. The highest BCUT2D eigenvalue weighted by molar-refractivity contribution is 6.31. The van der Waals surface area contributed by atoms with Crippen LogP contribution in [0.4, 0.5) is 10.1 Å². The second-order valence-electron chi connectivity index (χ2n) is 6.83. The van der Waals surface area contributed by atoms with Crippen LogP contribution in [0.25, 0.3) is 11.0 Å². The summed E-state index contributed by atoms with van der Waals surface area (Å²) in [6.07, 6.45) is 0. The summed E-state index contributed by atoms with van der Waals surface area (Å²) in [5, 5.41) is 3.28. The summed E-state index contributed by atoms with van der Waals surface area (Å²) >= 11 is 6.07. The number of aryl methyl sites for hydroxylation is 1. The number of halogens is 2. The topological polar surface area (TPSA) is 56.2 Å². The predicted molar refractivity (Wildman–Crippen MR) is 115 cm³/mol. The summed E-state index contributed by atoms with van der Waals surface area (Å²) in [4.78, 5) is 17.2. The van der Waals surface area contributed by atoms with Gasteiger partial charge in [0.25, 0.3) is 0 Å². The molecule has 1 heterocycles.